The summed E-state index contributed by atoms with van der Waals surface area (Å²) in [6.45, 7) is 0. The number of nitrogen functional groups attached to an aromatic ring is 1. The van der Waals surface area contributed by atoms with Crippen molar-refractivity contribution >= 4 is 23.1 Å². The van der Waals surface area contributed by atoms with E-state index in [0.717, 1.165) is 29.8 Å². The standard InChI is InChI=1S/C17H17N5O2S/c1-24-12-6-2-10(3-7-12)13-8-15(18)22(21-13)17-20-14(9-25-17)16(23)19-11-4-5-11/h2-3,6-9,11H,4-5,18H2,1H3,(H,19,23). The molecule has 3 N–H and O–H groups in total. The third-order valence-electron chi connectivity index (χ3n) is 3.94. The smallest absolute Gasteiger partial charge is 0.271 e. The lowest BCUT2D eigenvalue weighted by Crippen LogP contribution is -2.25. The summed E-state index contributed by atoms with van der Waals surface area (Å²) in [5.74, 6) is 1.10. The van der Waals surface area contributed by atoms with Crippen molar-refractivity contribution in [1.82, 2.24) is 20.1 Å². The van der Waals surface area contributed by atoms with Crippen LogP contribution in [0, 0.1) is 0 Å². The van der Waals surface area contributed by atoms with Crippen LogP contribution in [-0.2, 0) is 0 Å². The van der Waals surface area contributed by atoms with E-state index in [-0.39, 0.29) is 5.91 Å². The summed E-state index contributed by atoms with van der Waals surface area (Å²) in [4.78, 5) is 16.4. The number of hydrogen-bond donors (Lipinski definition) is 2. The summed E-state index contributed by atoms with van der Waals surface area (Å²) >= 11 is 1.34. The number of nitrogens with zero attached hydrogens (tertiary/aromatic N) is 3. The van der Waals surface area contributed by atoms with E-state index in [1.807, 2.05) is 24.3 Å². The van der Waals surface area contributed by atoms with Crippen LogP contribution in [0.2, 0.25) is 0 Å². The Morgan fingerprint density at radius 1 is 1.36 bits per heavy atom. The van der Waals surface area contributed by atoms with Crippen LogP contribution >= 0.6 is 11.3 Å². The van der Waals surface area contributed by atoms with E-state index in [9.17, 15) is 4.79 Å². The molecule has 1 amide bonds. The zero-order valence-corrected chi connectivity index (χ0v) is 14.4. The van der Waals surface area contributed by atoms with Crippen LogP contribution in [0.5, 0.6) is 5.75 Å². The highest BCUT2D eigenvalue weighted by Crippen LogP contribution is 2.26. The molecule has 0 radical (unpaired) electrons. The Morgan fingerprint density at radius 3 is 2.80 bits per heavy atom. The first kappa shape index (κ1) is 15.6. The molecule has 1 saturated carbocycles. The molecule has 8 heteroatoms. The Hall–Kier alpha value is -2.87. The molecular weight excluding hydrogens is 338 g/mol. The van der Waals surface area contributed by atoms with E-state index in [4.69, 9.17) is 10.5 Å². The van der Waals surface area contributed by atoms with Gasteiger partial charge in [0, 0.05) is 23.1 Å². The molecule has 1 aliphatic rings. The second kappa shape index (κ2) is 6.21. The average molecular weight is 355 g/mol. The van der Waals surface area contributed by atoms with Gasteiger partial charge in [-0.2, -0.15) is 9.78 Å². The number of benzene rings is 1. The average Bonchev–Trinajstić information content (AvgIpc) is 3.16. The zero-order valence-electron chi connectivity index (χ0n) is 13.6. The Kier molecular flexibility index (Phi) is 3.89. The van der Waals surface area contributed by atoms with Gasteiger partial charge in [-0.15, -0.1) is 11.3 Å². The number of carbonyl (C=O) groups is 1. The third kappa shape index (κ3) is 3.20. The number of rotatable bonds is 5. The van der Waals surface area contributed by atoms with Gasteiger partial charge in [0.25, 0.3) is 5.91 Å². The minimum absolute atomic E-state index is 0.147. The van der Waals surface area contributed by atoms with Gasteiger partial charge in [-0.3, -0.25) is 4.79 Å². The van der Waals surface area contributed by atoms with Crippen LogP contribution in [0.4, 0.5) is 5.82 Å². The second-order valence-corrected chi connectivity index (χ2v) is 6.69. The first-order chi connectivity index (χ1) is 12.1. The van der Waals surface area contributed by atoms with E-state index < -0.39 is 0 Å². The molecule has 25 heavy (non-hydrogen) atoms. The van der Waals surface area contributed by atoms with Crippen molar-refractivity contribution < 1.29 is 9.53 Å². The minimum atomic E-state index is -0.147. The van der Waals surface area contributed by atoms with Gasteiger partial charge in [-0.25, -0.2) is 4.98 Å². The number of nitrogens with two attached hydrogens (primary N) is 1. The molecule has 0 spiro atoms. The molecule has 4 rings (SSSR count). The first-order valence-corrected chi connectivity index (χ1v) is 8.79. The summed E-state index contributed by atoms with van der Waals surface area (Å²) in [5.41, 5.74) is 8.14. The fourth-order valence-electron chi connectivity index (χ4n) is 2.40. The third-order valence-corrected chi connectivity index (χ3v) is 4.76. The van der Waals surface area contributed by atoms with Gasteiger partial charge in [0.15, 0.2) is 0 Å². The van der Waals surface area contributed by atoms with Crippen molar-refractivity contribution in [2.45, 2.75) is 18.9 Å². The molecule has 1 fully saturated rings. The fraction of sp³-hybridized carbons (Fsp3) is 0.235. The van der Waals surface area contributed by atoms with Crippen LogP contribution in [0.25, 0.3) is 16.4 Å². The second-order valence-electron chi connectivity index (χ2n) is 5.86. The lowest BCUT2D eigenvalue weighted by atomic mass is 10.1. The molecule has 128 valence electrons. The van der Waals surface area contributed by atoms with Gasteiger partial charge in [0.05, 0.1) is 12.8 Å². The van der Waals surface area contributed by atoms with Crippen LogP contribution < -0.4 is 15.8 Å². The summed E-state index contributed by atoms with van der Waals surface area (Å²) in [6, 6.07) is 9.66. The first-order valence-electron chi connectivity index (χ1n) is 7.91. The monoisotopic (exact) mass is 355 g/mol. The van der Waals surface area contributed by atoms with Crippen LogP contribution in [-0.4, -0.2) is 33.8 Å². The number of ether oxygens (including phenoxy) is 1. The van der Waals surface area contributed by atoms with E-state index in [0.29, 0.717) is 22.7 Å². The molecule has 3 aromatic rings. The van der Waals surface area contributed by atoms with Gasteiger partial charge >= 0.3 is 0 Å². The van der Waals surface area contributed by atoms with Crippen molar-refractivity contribution in [2.75, 3.05) is 12.8 Å². The Balaban J connectivity index is 1.59. The minimum Gasteiger partial charge on any atom is -0.497 e. The summed E-state index contributed by atoms with van der Waals surface area (Å²) in [7, 11) is 1.63. The zero-order chi connectivity index (χ0) is 17.4. The van der Waals surface area contributed by atoms with Crippen molar-refractivity contribution in [1.29, 1.82) is 0 Å². The Bertz CT molecular complexity index is 912. The van der Waals surface area contributed by atoms with Crippen molar-refractivity contribution in [3.63, 3.8) is 0 Å². The van der Waals surface area contributed by atoms with E-state index in [1.165, 1.54) is 11.3 Å². The van der Waals surface area contributed by atoms with Gasteiger partial charge in [0.2, 0.25) is 5.13 Å². The summed E-state index contributed by atoms with van der Waals surface area (Å²) < 4.78 is 6.72. The van der Waals surface area contributed by atoms with Gasteiger partial charge in [0.1, 0.15) is 17.3 Å². The van der Waals surface area contributed by atoms with Crippen molar-refractivity contribution in [2.24, 2.45) is 0 Å². The highest BCUT2D eigenvalue weighted by Gasteiger charge is 2.25. The maximum absolute atomic E-state index is 12.1. The molecule has 0 bridgehead atoms. The van der Waals surface area contributed by atoms with Gasteiger partial charge in [-0.1, -0.05) is 0 Å². The van der Waals surface area contributed by atoms with Crippen LogP contribution in [0.15, 0.2) is 35.7 Å². The van der Waals surface area contributed by atoms with E-state index in [2.05, 4.69) is 15.4 Å². The summed E-state index contributed by atoms with van der Waals surface area (Å²) in [5, 5.41) is 9.73. The summed E-state index contributed by atoms with van der Waals surface area (Å²) in [6.07, 6.45) is 2.08. The van der Waals surface area contributed by atoms with E-state index >= 15 is 0 Å². The molecular formula is C17H17N5O2S. The SMILES string of the molecule is COc1ccc(-c2cc(N)n(-c3nc(C(=O)NC4CC4)cs3)n2)cc1. The lowest BCUT2D eigenvalue weighted by molar-refractivity contribution is 0.0946. The quantitative estimate of drug-likeness (QED) is 0.733. The maximum Gasteiger partial charge on any atom is 0.271 e. The normalized spacial score (nSPS) is 13.6. The van der Waals surface area contributed by atoms with Gasteiger partial charge < -0.3 is 15.8 Å². The predicted octanol–water partition coefficient (Wildman–Crippen LogP) is 2.48. The largest absolute Gasteiger partial charge is 0.497 e. The molecule has 0 unspecified atom stereocenters. The lowest BCUT2D eigenvalue weighted by Gasteiger charge is -2.01. The maximum atomic E-state index is 12.1. The highest BCUT2D eigenvalue weighted by atomic mass is 32.1. The van der Waals surface area contributed by atoms with Gasteiger partial charge in [-0.05, 0) is 37.1 Å². The molecule has 7 nitrogen and oxygen atoms in total. The number of thiazole rings is 1. The van der Waals surface area contributed by atoms with Crippen molar-refractivity contribution in [3.8, 4) is 22.1 Å². The highest BCUT2D eigenvalue weighted by molar-refractivity contribution is 7.12. The number of amides is 1. The molecule has 2 aromatic heterocycles. The fourth-order valence-corrected chi connectivity index (χ4v) is 3.18. The topological polar surface area (TPSA) is 95.1 Å². The number of nitrogens with one attached hydrogen (secondary N) is 1. The molecule has 0 aliphatic heterocycles. The molecule has 0 atom stereocenters. The number of methoxy groups -OCH3 is 1. The number of hydrogen-bond acceptors (Lipinski definition) is 6. The molecule has 1 aromatic carbocycles. The molecule has 1 aliphatic carbocycles. The van der Waals surface area contributed by atoms with E-state index in [1.54, 1.807) is 23.2 Å². The number of anilines is 1. The van der Waals surface area contributed by atoms with Crippen LogP contribution in [0.3, 0.4) is 0 Å². The Labute approximate surface area is 148 Å². The van der Waals surface area contributed by atoms with Crippen LogP contribution in [0.1, 0.15) is 23.3 Å². The number of aromatic nitrogens is 3. The molecule has 2 heterocycles. The predicted molar refractivity (Wildman–Crippen MR) is 96.1 cm³/mol. The van der Waals surface area contributed by atoms with Crippen molar-refractivity contribution in [3.05, 3.63) is 41.4 Å². The molecule has 0 saturated heterocycles. The Morgan fingerprint density at radius 2 is 2.12 bits per heavy atom. The number of carbonyl (C=O) groups excluding carboxylic acids is 1.